The molecule has 3 heterocycles. The van der Waals surface area contributed by atoms with Gasteiger partial charge in [0.2, 0.25) is 5.91 Å². The molecule has 2 aliphatic heterocycles. The highest BCUT2D eigenvalue weighted by molar-refractivity contribution is 7.22. The smallest absolute Gasteiger partial charge is 0.262 e. The molecule has 0 N–H and O–H groups in total. The number of carbonyl (C=O) groups excluding carboxylic acids is 3. The molecule has 0 radical (unpaired) electrons. The van der Waals surface area contributed by atoms with Crippen LogP contribution in [0.25, 0.3) is 10.2 Å². The number of benzene rings is 2. The maximum atomic E-state index is 13.5. The second kappa shape index (κ2) is 10.1. The number of rotatable bonds is 8. The third-order valence-electron chi connectivity index (χ3n) is 6.25. The van der Waals surface area contributed by atoms with Crippen LogP contribution < -0.4 is 9.64 Å². The number of aromatic nitrogens is 1. The minimum Gasteiger partial charge on any atom is -0.497 e. The second-order valence-electron chi connectivity index (χ2n) is 8.43. The topological polar surface area (TPSA) is 92.3 Å². The van der Waals surface area contributed by atoms with Crippen LogP contribution in [0, 0.1) is 0 Å². The van der Waals surface area contributed by atoms with E-state index in [1.165, 1.54) is 11.3 Å². The summed E-state index contributed by atoms with van der Waals surface area (Å²) in [7, 11) is 1.60. The van der Waals surface area contributed by atoms with Gasteiger partial charge in [-0.05, 0) is 36.8 Å². The van der Waals surface area contributed by atoms with Crippen molar-refractivity contribution in [1.82, 2.24) is 14.8 Å². The van der Waals surface area contributed by atoms with Crippen LogP contribution in [0.15, 0.2) is 42.5 Å². The van der Waals surface area contributed by atoms with Gasteiger partial charge in [0.15, 0.2) is 5.13 Å². The fourth-order valence-electron chi connectivity index (χ4n) is 4.34. The molecule has 1 aromatic heterocycles. The zero-order valence-corrected chi connectivity index (χ0v) is 20.3. The van der Waals surface area contributed by atoms with E-state index in [0.717, 1.165) is 41.2 Å². The molecule has 35 heavy (non-hydrogen) atoms. The largest absolute Gasteiger partial charge is 0.497 e. The normalized spacial score (nSPS) is 16.1. The summed E-state index contributed by atoms with van der Waals surface area (Å²) >= 11 is 1.39. The molecule has 9 nitrogen and oxygen atoms in total. The third-order valence-corrected chi connectivity index (χ3v) is 7.29. The quantitative estimate of drug-likeness (QED) is 0.445. The number of ether oxygens (including phenoxy) is 2. The van der Waals surface area contributed by atoms with Crippen molar-refractivity contribution in [2.75, 3.05) is 57.9 Å². The monoisotopic (exact) mass is 494 g/mol. The average Bonchev–Trinajstić information content (AvgIpc) is 3.41. The lowest BCUT2D eigenvalue weighted by molar-refractivity contribution is -0.119. The van der Waals surface area contributed by atoms with Gasteiger partial charge in [-0.15, -0.1) is 0 Å². The lowest BCUT2D eigenvalue weighted by Gasteiger charge is -2.28. The SMILES string of the molecule is COc1ccc2nc(N(CCCN3CCOCC3)C(=O)CN3C(=O)c4ccccc4C3=O)sc2c1. The van der Waals surface area contributed by atoms with Crippen LogP contribution in [0.5, 0.6) is 5.75 Å². The molecule has 10 heteroatoms. The maximum Gasteiger partial charge on any atom is 0.262 e. The summed E-state index contributed by atoms with van der Waals surface area (Å²) < 4.78 is 11.6. The summed E-state index contributed by atoms with van der Waals surface area (Å²) in [6.45, 7) is 4.07. The summed E-state index contributed by atoms with van der Waals surface area (Å²) in [6, 6.07) is 12.2. The number of anilines is 1. The standard InChI is InChI=1S/C25H26N4O5S/c1-33-17-7-8-20-21(15-17)35-25(26-20)28(10-4-9-27-11-13-34-14-12-27)22(30)16-29-23(31)18-5-2-3-6-19(18)24(29)32/h2-3,5-8,15H,4,9-14,16H2,1H3. The number of amides is 3. The molecule has 1 fully saturated rings. The molecule has 182 valence electrons. The molecule has 0 spiro atoms. The molecule has 0 unspecified atom stereocenters. The third kappa shape index (κ3) is 4.77. The lowest BCUT2D eigenvalue weighted by atomic mass is 10.1. The van der Waals surface area contributed by atoms with Crippen LogP contribution in [-0.4, -0.2) is 85.6 Å². The van der Waals surface area contributed by atoms with E-state index in [0.29, 0.717) is 41.8 Å². The Morgan fingerprint density at radius 1 is 1.11 bits per heavy atom. The van der Waals surface area contributed by atoms with Crippen LogP contribution in [0.3, 0.4) is 0 Å². The number of methoxy groups -OCH3 is 1. The van der Waals surface area contributed by atoms with Crippen molar-refractivity contribution in [3.05, 3.63) is 53.6 Å². The highest BCUT2D eigenvalue weighted by atomic mass is 32.1. The zero-order valence-electron chi connectivity index (χ0n) is 19.4. The number of carbonyl (C=O) groups is 3. The number of hydrogen-bond donors (Lipinski definition) is 0. The van der Waals surface area contributed by atoms with Crippen LogP contribution >= 0.6 is 11.3 Å². The van der Waals surface area contributed by atoms with Crippen molar-refractivity contribution in [1.29, 1.82) is 0 Å². The number of imide groups is 1. The summed E-state index contributed by atoms with van der Waals surface area (Å²) in [4.78, 5) is 48.8. The van der Waals surface area contributed by atoms with Gasteiger partial charge in [0, 0.05) is 26.2 Å². The molecule has 2 aliphatic rings. The Morgan fingerprint density at radius 3 is 2.51 bits per heavy atom. The van der Waals surface area contributed by atoms with E-state index in [-0.39, 0.29) is 12.5 Å². The highest BCUT2D eigenvalue weighted by Gasteiger charge is 2.37. The van der Waals surface area contributed by atoms with E-state index in [4.69, 9.17) is 9.47 Å². The first-order valence-corrected chi connectivity index (χ1v) is 12.4. The Kier molecular flexibility index (Phi) is 6.76. The lowest BCUT2D eigenvalue weighted by Crippen LogP contribution is -2.44. The van der Waals surface area contributed by atoms with Crippen LogP contribution in [0.1, 0.15) is 27.1 Å². The Balaban J connectivity index is 1.36. The summed E-state index contributed by atoms with van der Waals surface area (Å²) in [5.74, 6) is -0.515. The van der Waals surface area contributed by atoms with Gasteiger partial charge in [-0.2, -0.15) is 0 Å². The molecule has 3 amide bonds. The van der Waals surface area contributed by atoms with Gasteiger partial charge >= 0.3 is 0 Å². The fourth-order valence-corrected chi connectivity index (χ4v) is 5.38. The number of hydrogen-bond acceptors (Lipinski definition) is 8. The molecule has 2 aromatic carbocycles. The van der Waals surface area contributed by atoms with E-state index < -0.39 is 11.8 Å². The van der Waals surface area contributed by atoms with E-state index >= 15 is 0 Å². The van der Waals surface area contributed by atoms with Crippen molar-refractivity contribution in [2.45, 2.75) is 6.42 Å². The Morgan fingerprint density at radius 2 is 1.83 bits per heavy atom. The van der Waals surface area contributed by atoms with Crippen molar-refractivity contribution >= 4 is 44.4 Å². The van der Waals surface area contributed by atoms with E-state index in [2.05, 4.69) is 9.88 Å². The first-order valence-electron chi connectivity index (χ1n) is 11.6. The Bertz CT molecular complexity index is 1230. The Labute approximate surface area is 206 Å². The predicted octanol–water partition coefficient (Wildman–Crippen LogP) is 2.66. The van der Waals surface area contributed by atoms with E-state index in [9.17, 15) is 14.4 Å². The van der Waals surface area contributed by atoms with Crippen LogP contribution in [-0.2, 0) is 9.53 Å². The molecule has 0 atom stereocenters. The van der Waals surface area contributed by atoms with Crippen molar-refractivity contribution in [3.63, 3.8) is 0 Å². The van der Waals surface area contributed by atoms with Crippen molar-refractivity contribution in [3.8, 4) is 5.75 Å². The van der Waals surface area contributed by atoms with Gasteiger partial charge in [0.25, 0.3) is 11.8 Å². The Hall–Kier alpha value is -3.34. The molecular weight excluding hydrogens is 468 g/mol. The molecule has 0 aliphatic carbocycles. The predicted molar refractivity (Wildman–Crippen MR) is 132 cm³/mol. The number of fused-ring (bicyclic) bond motifs is 2. The van der Waals surface area contributed by atoms with E-state index in [1.807, 2.05) is 18.2 Å². The van der Waals surface area contributed by atoms with Crippen molar-refractivity contribution < 1.29 is 23.9 Å². The molecule has 0 bridgehead atoms. The maximum absolute atomic E-state index is 13.5. The highest BCUT2D eigenvalue weighted by Crippen LogP contribution is 2.32. The number of morpholine rings is 1. The first kappa shape index (κ1) is 23.4. The van der Waals surface area contributed by atoms with Gasteiger partial charge < -0.3 is 9.47 Å². The summed E-state index contributed by atoms with van der Waals surface area (Å²) in [6.07, 6.45) is 0.729. The van der Waals surface area contributed by atoms with Gasteiger partial charge in [-0.3, -0.25) is 29.1 Å². The molecule has 0 saturated carbocycles. The molecule has 5 rings (SSSR count). The number of thiazole rings is 1. The van der Waals surface area contributed by atoms with Crippen LogP contribution in [0.2, 0.25) is 0 Å². The molecular formula is C25H26N4O5S. The second-order valence-corrected chi connectivity index (χ2v) is 9.43. The van der Waals surface area contributed by atoms with Gasteiger partial charge in [0.1, 0.15) is 12.3 Å². The van der Waals surface area contributed by atoms with E-state index in [1.54, 1.807) is 36.3 Å². The minimum atomic E-state index is -0.443. The number of nitrogens with zero attached hydrogens (tertiary/aromatic N) is 4. The average molecular weight is 495 g/mol. The van der Waals surface area contributed by atoms with Crippen LogP contribution in [0.4, 0.5) is 5.13 Å². The summed E-state index contributed by atoms with van der Waals surface area (Å²) in [5, 5.41) is 0.539. The molecule has 1 saturated heterocycles. The zero-order chi connectivity index (χ0) is 24.4. The fraction of sp³-hybridized carbons (Fsp3) is 0.360. The first-order chi connectivity index (χ1) is 17.0. The van der Waals surface area contributed by atoms with Gasteiger partial charge in [-0.25, -0.2) is 4.98 Å². The molecule has 3 aromatic rings. The van der Waals surface area contributed by atoms with Crippen molar-refractivity contribution in [2.24, 2.45) is 0 Å². The summed E-state index contributed by atoms with van der Waals surface area (Å²) in [5.41, 5.74) is 1.42. The van der Waals surface area contributed by atoms with Gasteiger partial charge in [-0.1, -0.05) is 23.5 Å². The minimum absolute atomic E-state index is 0.330. The van der Waals surface area contributed by atoms with Gasteiger partial charge in [0.05, 0.1) is 41.7 Å².